The molecule has 0 heterocycles. The summed E-state index contributed by atoms with van der Waals surface area (Å²) in [7, 11) is 0. The Kier molecular flexibility index (Phi) is 5.26. The van der Waals surface area contributed by atoms with E-state index in [2.05, 4.69) is 6.58 Å². The van der Waals surface area contributed by atoms with Crippen LogP contribution in [0.3, 0.4) is 0 Å². The van der Waals surface area contributed by atoms with E-state index < -0.39 is 0 Å². The topological polar surface area (TPSA) is 70.5 Å². The second-order valence-corrected chi connectivity index (χ2v) is 4.47. The predicted molar refractivity (Wildman–Crippen MR) is 90.4 cm³/mol. The van der Waals surface area contributed by atoms with Crippen molar-refractivity contribution in [2.45, 2.75) is 0 Å². The molecule has 4 nitrogen and oxygen atoms in total. The molecule has 0 saturated heterocycles. The molecule has 112 valence electrons. The molecule has 0 bridgehead atoms. The smallest absolute Gasteiger partial charge is 0.130 e. The van der Waals surface area contributed by atoms with Gasteiger partial charge in [0.25, 0.3) is 0 Å². The summed E-state index contributed by atoms with van der Waals surface area (Å²) < 4.78 is 11.2. The first-order valence-corrected chi connectivity index (χ1v) is 6.72. The average molecular weight is 294 g/mol. The van der Waals surface area contributed by atoms with Crippen molar-refractivity contribution in [2.24, 2.45) is 0 Å². The van der Waals surface area contributed by atoms with Crippen LogP contribution in [-0.4, -0.2) is 0 Å². The summed E-state index contributed by atoms with van der Waals surface area (Å²) in [6.07, 6.45) is 6.62. The van der Waals surface area contributed by atoms with Crippen LogP contribution in [0, 0.1) is 0 Å². The van der Waals surface area contributed by atoms with Crippen molar-refractivity contribution in [1.29, 1.82) is 0 Å². The molecule has 2 aromatic carbocycles. The Hall–Kier alpha value is -3.14. The van der Waals surface area contributed by atoms with E-state index in [1.54, 1.807) is 66.8 Å². The van der Waals surface area contributed by atoms with Gasteiger partial charge in [0.1, 0.15) is 17.3 Å². The van der Waals surface area contributed by atoms with Crippen LogP contribution in [0.1, 0.15) is 0 Å². The molecule has 22 heavy (non-hydrogen) atoms. The summed E-state index contributed by atoms with van der Waals surface area (Å²) in [5.41, 5.74) is 12.6. The Morgan fingerprint density at radius 1 is 0.864 bits per heavy atom. The van der Waals surface area contributed by atoms with E-state index in [0.717, 1.165) is 0 Å². The Labute approximate surface area is 130 Å². The van der Waals surface area contributed by atoms with Gasteiger partial charge < -0.3 is 20.9 Å². The van der Waals surface area contributed by atoms with Crippen molar-refractivity contribution in [3.05, 3.63) is 85.4 Å². The lowest BCUT2D eigenvalue weighted by Gasteiger charge is -2.06. The minimum absolute atomic E-state index is 0.593. The number of rotatable bonds is 6. The maximum atomic E-state index is 5.71. The standard InChI is InChI=1S/C18H18N2O2/c1-2-3-17(22-18-10-6-15(20)7-11-18)12-13-21-16-8-4-14(19)5-9-16/h2-13H,1,19-20H2/b13-12-,17-3+. The quantitative estimate of drug-likeness (QED) is 0.481. The van der Waals surface area contributed by atoms with E-state index in [4.69, 9.17) is 20.9 Å². The number of hydrogen-bond donors (Lipinski definition) is 2. The Bertz CT molecular complexity index is 671. The molecule has 0 aliphatic rings. The number of anilines is 2. The molecule has 4 heteroatoms. The third-order valence-corrected chi connectivity index (χ3v) is 2.71. The maximum absolute atomic E-state index is 5.71. The lowest BCUT2D eigenvalue weighted by Crippen LogP contribution is -1.94. The number of hydrogen-bond acceptors (Lipinski definition) is 4. The number of ether oxygens (including phenoxy) is 2. The van der Waals surface area contributed by atoms with Crippen LogP contribution >= 0.6 is 0 Å². The summed E-state index contributed by atoms with van der Waals surface area (Å²) >= 11 is 0. The van der Waals surface area contributed by atoms with Crippen LogP contribution in [0.4, 0.5) is 11.4 Å². The van der Waals surface area contributed by atoms with Gasteiger partial charge in [-0.3, -0.25) is 0 Å². The first-order chi connectivity index (χ1) is 10.7. The first-order valence-electron chi connectivity index (χ1n) is 6.72. The minimum Gasteiger partial charge on any atom is -0.465 e. The van der Waals surface area contributed by atoms with E-state index in [-0.39, 0.29) is 0 Å². The highest BCUT2D eigenvalue weighted by Crippen LogP contribution is 2.17. The molecule has 0 unspecified atom stereocenters. The van der Waals surface area contributed by atoms with Gasteiger partial charge in [-0.25, -0.2) is 0 Å². The fourth-order valence-electron chi connectivity index (χ4n) is 1.64. The molecule has 4 N–H and O–H groups in total. The summed E-state index contributed by atoms with van der Waals surface area (Å²) in [5.74, 6) is 1.96. The molecule has 2 aromatic rings. The van der Waals surface area contributed by atoms with Crippen LogP contribution < -0.4 is 20.9 Å². The highest BCUT2D eigenvalue weighted by atomic mass is 16.5. The largest absolute Gasteiger partial charge is 0.465 e. The number of nitrogen functional groups attached to an aromatic ring is 2. The van der Waals surface area contributed by atoms with Gasteiger partial charge in [-0.15, -0.1) is 0 Å². The summed E-state index contributed by atoms with van der Waals surface area (Å²) in [4.78, 5) is 0. The van der Waals surface area contributed by atoms with Crippen LogP contribution in [-0.2, 0) is 0 Å². The normalized spacial score (nSPS) is 11.4. The minimum atomic E-state index is 0.593. The Morgan fingerprint density at radius 2 is 1.41 bits per heavy atom. The second kappa shape index (κ2) is 7.59. The van der Waals surface area contributed by atoms with E-state index in [0.29, 0.717) is 28.6 Å². The maximum Gasteiger partial charge on any atom is 0.130 e. The van der Waals surface area contributed by atoms with E-state index >= 15 is 0 Å². The molecule has 0 radical (unpaired) electrons. The van der Waals surface area contributed by atoms with E-state index in [1.807, 2.05) is 0 Å². The van der Waals surface area contributed by atoms with Gasteiger partial charge in [-0.05, 0) is 54.6 Å². The van der Waals surface area contributed by atoms with Crippen molar-refractivity contribution in [3.63, 3.8) is 0 Å². The zero-order valence-electron chi connectivity index (χ0n) is 12.1. The molecule has 0 fully saturated rings. The number of benzene rings is 2. The molecule has 0 aliphatic heterocycles. The average Bonchev–Trinajstić information content (AvgIpc) is 2.52. The number of allylic oxidation sites excluding steroid dienone is 3. The van der Waals surface area contributed by atoms with E-state index in [9.17, 15) is 0 Å². The number of nitrogens with two attached hydrogens (primary N) is 2. The molecule has 0 saturated carbocycles. The highest BCUT2D eigenvalue weighted by molar-refractivity contribution is 5.43. The van der Waals surface area contributed by atoms with Crippen molar-refractivity contribution >= 4 is 11.4 Å². The molecule has 0 aromatic heterocycles. The lowest BCUT2D eigenvalue weighted by molar-refractivity contribution is 0.433. The zero-order valence-corrected chi connectivity index (χ0v) is 12.1. The van der Waals surface area contributed by atoms with Gasteiger partial charge in [-0.2, -0.15) is 0 Å². The molecular formula is C18H18N2O2. The second-order valence-electron chi connectivity index (χ2n) is 4.47. The first kappa shape index (κ1) is 15.3. The van der Waals surface area contributed by atoms with Crippen LogP contribution in [0.25, 0.3) is 0 Å². The van der Waals surface area contributed by atoms with Crippen molar-refractivity contribution in [3.8, 4) is 11.5 Å². The summed E-state index contributed by atoms with van der Waals surface area (Å²) in [6, 6.07) is 14.3. The van der Waals surface area contributed by atoms with Crippen LogP contribution in [0.2, 0.25) is 0 Å². The van der Waals surface area contributed by atoms with E-state index in [1.165, 1.54) is 6.26 Å². The Balaban J connectivity index is 2.00. The van der Waals surface area contributed by atoms with Crippen LogP contribution in [0.5, 0.6) is 11.5 Å². The summed E-state index contributed by atoms with van der Waals surface area (Å²) in [5, 5.41) is 0. The predicted octanol–water partition coefficient (Wildman–Crippen LogP) is 3.89. The van der Waals surface area contributed by atoms with Gasteiger partial charge >= 0.3 is 0 Å². The molecule has 2 rings (SSSR count). The van der Waals surface area contributed by atoms with Gasteiger partial charge in [0, 0.05) is 17.5 Å². The third kappa shape index (κ3) is 4.76. The molecule has 0 atom stereocenters. The van der Waals surface area contributed by atoms with Gasteiger partial charge in [0.05, 0.1) is 6.26 Å². The SMILES string of the molecule is C=C/C=C(\C=C/Oc1ccc(N)cc1)Oc1ccc(N)cc1. The molecule has 0 spiro atoms. The van der Waals surface area contributed by atoms with Crippen molar-refractivity contribution in [1.82, 2.24) is 0 Å². The van der Waals surface area contributed by atoms with Gasteiger partial charge in [0.2, 0.25) is 0 Å². The molecular weight excluding hydrogens is 276 g/mol. The van der Waals surface area contributed by atoms with Gasteiger partial charge in [0.15, 0.2) is 0 Å². The molecule has 0 amide bonds. The molecule has 0 aliphatic carbocycles. The van der Waals surface area contributed by atoms with Gasteiger partial charge in [-0.1, -0.05) is 12.7 Å². The lowest BCUT2D eigenvalue weighted by atomic mass is 10.3. The third-order valence-electron chi connectivity index (χ3n) is 2.71. The monoisotopic (exact) mass is 294 g/mol. The highest BCUT2D eigenvalue weighted by Gasteiger charge is 1.97. The van der Waals surface area contributed by atoms with Crippen molar-refractivity contribution in [2.75, 3.05) is 11.5 Å². The fourth-order valence-corrected chi connectivity index (χ4v) is 1.64. The van der Waals surface area contributed by atoms with Crippen LogP contribution in [0.15, 0.2) is 85.4 Å². The van der Waals surface area contributed by atoms with Crippen molar-refractivity contribution < 1.29 is 9.47 Å². The zero-order chi connectivity index (χ0) is 15.8. The fraction of sp³-hybridized carbons (Fsp3) is 0. The summed E-state index contributed by atoms with van der Waals surface area (Å²) in [6.45, 7) is 3.67. The Morgan fingerprint density at radius 3 is 1.95 bits per heavy atom.